The van der Waals surface area contributed by atoms with E-state index in [0.717, 1.165) is 12.1 Å². The number of aromatic nitrogens is 10. The molecule has 8 N–H and O–H groups in total. The summed E-state index contributed by atoms with van der Waals surface area (Å²) in [6, 6.07) is 19.5. The Morgan fingerprint density at radius 2 is 0.556 bits per heavy atom. The third-order valence-corrected chi connectivity index (χ3v) is 12.8. The van der Waals surface area contributed by atoms with Gasteiger partial charge in [0.25, 0.3) is 40.5 Å². The van der Waals surface area contributed by atoms with Gasteiger partial charge in [-0.3, -0.25) is 18.2 Å². The van der Waals surface area contributed by atoms with Crippen LogP contribution in [0.1, 0.15) is 22.3 Å². The molecular formula is C42H34N14O12S4. The molecule has 0 fully saturated rings. The van der Waals surface area contributed by atoms with Crippen LogP contribution in [0, 0.1) is 0 Å². The van der Waals surface area contributed by atoms with Crippen molar-refractivity contribution in [3.8, 4) is 0 Å². The molecule has 0 saturated carbocycles. The van der Waals surface area contributed by atoms with E-state index in [0.29, 0.717) is 11.4 Å². The van der Waals surface area contributed by atoms with Crippen LogP contribution in [0.25, 0.3) is 24.3 Å². The molecule has 0 aliphatic rings. The molecule has 0 spiro atoms. The van der Waals surface area contributed by atoms with E-state index in [1.807, 2.05) is 0 Å². The summed E-state index contributed by atoms with van der Waals surface area (Å²) in [5, 5.41) is 11.2. The molecule has 8 rings (SSSR count). The third-order valence-electron chi connectivity index (χ3n) is 9.19. The van der Waals surface area contributed by atoms with Gasteiger partial charge in [-0.05, 0) is 82.9 Å². The van der Waals surface area contributed by atoms with Crippen LogP contribution in [0.2, 0.25) is 0 Å². The van der Waals surface area contributed by atoms with Crippen LogP contribution >= 0.6 is 0 Å². The highest BCUT2D eigenvalue weighted by Gasteiger charge is 2.20. The van der Waals surface area contributed by atoms with Gasteiger partial charge in [-0.15, -0.1) is 0 Å². The SMILES string of the molecule is O=S(=O)(O)c1cc(Nc2ncccn2)ccc1C=Cc1ccc(Nc2ncccn2)cc1S(=O)(=O)O.O=S(=O)(O)c1cc(Nc2ncncn2)ccc1C=Cc1ccc(Nc2ncncn2)cc1S(=O)(=O)O. The minimum absolute atomic E-state index is 0.0485. The highest BCUT2D eigenvalue weighted by molar-refractivity contribution is 7.86. The van der Waals surface area contributed by atoms with Crippen molar-refractivity contribution in [2.75, 3.05) is 21.3 Å². The summed E-state index contributed by atoms with van der Waals surface area (Å²) in [6.07, 6.45) is 16.1. The Morgan fingerprint density at radius 1 is 0.333 bits per heavy atom. The van der Waals surface area contributed by atoms with E-state index in [1.165, 1.54) is 135 Å². The first kappa shape index (κ1) is 51.2. The summed E-state index contributed by atoms with van der Waals surface area (Å²) >= 11 is 0. The molecule has 0 amide bonds. The van der Waals surface area contributed by atoms with Gasteiger partial charge in [0.2, 0.25) is 23.8 Å². The van der Waals surface area contributed by atoms with Gasteiger partial charge in [0.05, 0.1) is 0 Å². The second-order valence-electron chi connectivity index (χ2n) is 14.1. The Bertz CT molecular complexity index is 3270. The van der Waals surface area contributed by atoms with Crippen molar-refractivity contribution in [2.24, 2.45) is 0 Å². The largest absolute Gasteiger partial charge is 0.324 e. The van der Waals surface area contributed by atoms with Gasteiger partial charge in [0.1, 0.15) is 44.9 Å². The van der Waals surface area contributed by atoms with Crippen molar-refractivity contribution in [2.45, 2.75) is 19.6 Å². The average molecular weight is 1060 g/mol. The van der Waals surface area contributed by atoms with Gasteiger partial charge in [0, 0.05) is 47.5 Å². The summed E-state index contributed by atoms with van der Waals surface area (Å²) in [6.45, 7) is 0. The van der Waals surface area contributed by atoms with Gasteiger partial charge >= 0.3 is 0 Å². The molecule has 72 heavy (non-hydrogen) atoms. The Morgan fingerprint density at radius 3 is 0.778 bits per heavy atom. The van der Waals surface area contributed by atoms with E-state index < -0.39 is 60.1 Å². The predicted octanol–water partition coefficient (Wildman–Crippen LogP) is 5.63. The number of hydrogen-bond acceptors (Lipinski definition) is 22. The summed E-state index contributed by atoms with van der Waals surface area (Å²) in [5.41, 5.74) is 1.35. The Balaban J connectivity index is 0.000000211. The smallest absolute Gasteiger partial charge is 0.295 e. The maximum Gasteiger partial charge on any atom is 0.295 e. The molecule has 4 aromatic heterocycles. The zero-order valence-corrected chi connectivity index (χ0v) is 39.4. The Hall–Kier alpha value is -8.62. The minimum Gasteiger partial charge on any atom is -0.324 e. The van der Waals surface area contributed by atoms with Crippen molar-refractivity contribution in [3.05, 3.63) is 157 Å². The van der Waals surface area contributed by atoms with Crippen molar-refractivity contribution >= 4 is 111 Å². The second-order valence-corrected chi connectivity index (χ2v) is 19.7. The van der Waals surface area contributed by atoms with E-state index in [-0.39, 0.29) is 57.4 Å². The van der Waals surface area contributed by atoms with Crippen LogP contribution in [-0.2, 0) is 40.5 Å². The number of anilines is 8. The lowest BCUT2D eigenvalue weighted by atomic mass is 10.1. The average Bonchev–Trinajstić information content (AvgIpc) is 3.34. The molecule has 0 unspecified atom stereocenters. The number of nitrogens with one attached hydrogen (secondary N) is 4. The molecule has 0 saturated heterocycles. The molecule has 8 aromatic rings. The van der Waals surface area contributed by atoms with E-state index in [4.69, 9.17) is 0 Å². The zero-order chi connectivity index (χ0) is 51.5. The van der Waals surface area contributed by atoms with Gasteiger partial charge < -0.3 is 21.3 Å². The van der Waals surface area contributed by atoms with Crippen LogP contribution in [0.15, 0.2) is 155 Å². The first-order valence-corrected chi connectivity index (χ1v) is 25.6. The summed E-state index contributed by atoms with van der Waals surface area (Å²) < 4.78 is 135. The van der Waals surface area contributed by atoms with E-state index in [1.54, 1.807) is 12.1 Å². The standard InChI is InChI=1S/C22H18N6O6S2.C20H16N8O6S2/c29-35(30,31)19-13-17(27-21-23-9-1-10-24-21)7-5-15(19)3-4-16-6-8-18(14-20(16)36(32,33)34)28-22-25-11-2-12-26-22;29-35(30,31)17-7-15(27-19-23-9-21-10-24-19)5-3-13(17)1-2-14-4-6-16(8-18(14)36(32,33)34)28-20-25-11-22-12-26-20/h1-14H,(H,23,24,27)(H,25,26,28)(H,29,30,31)(H,32,33,34);1-12H,(H,29,30,31)(H,32,33,34)(H,21,23,24,27)(H,22,25,26,28). The van der Waals surface area contributed by atoms with E-state index in [2.05, 4.69) is 71.1 Å². The lowest BCUT2D eigenvalue weighted by molar-refractivity contribution is 0.480. The fourth-order valence-electron chi connectivity index (χ4n) is 6.10. The number of benzene rings is 4. The van der Waals surface area contributed by atoms with Crippen LogP contribution in [0.5, 0.6) is 0 Å². The van der Waals surface area contributed by atoms with Crippen LogP contribution in [0.4, 0.5) is 46.5 Å². The lowest BCUT2D eigenvalue weighted by Gasteiger charge is -2.10. The van der Waals surface area contributed by atoms with Gasteiger partial charge in [-0.25, -0.2) is 49.8 Å². The predicted molar refractivity (Wildman–Crippen MR) is 260 cm³/mol. The Labute approximate surface area is 409 Å². The maximum atomic E-state index is 12.0. The molecule has 0 bridgehead atoms. The maximum absolute atomic E-state index is 12.0. The molecule has 0 atom stereocenters. The van der Waals surface area contributed by atoms with Gasteiger partial charge in [0.15, 0.2) is 0 Å². The molecule has 4 heterocycles. The monoisotopic (exact) mass is 1050 g/mol. The quantitative estimate of drug-likeness (QED) is 0.0429. The van der Waals surface area contributed by atoms with Gasteiger partial charge in [-0.1, -0.05) is 48.6 Å². The molecular weight excluding hydrogens is 1020 g/mol. The number of rotatable bonds is 16. The highest BCUT2D eigenvalue weighted by Crippen LogP contribution is 2.30. The highest BCUT2D eigenvalue weighted by atomic mass is 32.2. The summed E-state index contributed by atoms with van der Waals surface area (Å²) in [5.74, 6) is 0.737. The molecule has 26 nitrogen and oxygen atoms in total. The normalized spacial score (nSPS) is 11.9. The summed E-state index contributed by atoms with van der Waals surface area (Å²) in [7, 11) is -18.7. The first-order valence-electron chi connectivity index (χ1n) is 19.9. The fraction of sp³-hybridized carbons (Fsp3) is 0. The number of nitrogens with zero attached hydrogens (tertiary/aromatic N) is 10. The van der Waals surface area contributed by atoms with E-state index in [9.17, 15) is 51.9 Å². The van der Waals surface area contributed by atoms with Crippen molar-refractivity contribution in [3.63, 3.8) is 0 Å². The van der Waals surface area contributed by atoms with Crippen LogP contribution in [0.3, 0.4) is 0 Å². The molecule has 0 aliphatic carbocycles. The minimum atomic E-state index is -4.67. The third kappa shape index (κ3) is 14.2. The summed E-state index contributed by atoms with van der Waals surface area (Å²) in [4.78, 5) is 37.0. The first-order chi connectivity index (χ1) is 34.2. The molecule has 30 heteroatoms. The molecule has 0 aliphatic heterocycles. The Kier molecular flexibility index (Phi) is 15.6. The van der Waals surface area contributed by atoms with Crippen LogP contribution in [-0.4, -0.2) is 102 Å². The number of hydrogen-bond donors (Lipinski definition) is 8. The lowest BCUT2D eigenvalue weighted by Crippen LogP contribution is -2.04. The molecule has 368 valence electrons. The van der Waals surface area contributed by atoms with Crippen molar-refractivity contribution in [1.29, 1.82) is 0 Å². The molecule has 4 aromatic carbocycles. The second kappa shape index (κ2) is 22.0. The van der Waals surface area contributed by atoms with Crippen molar-refractivity contribution < 1.29 is 51.9 Å². The zero-order valence-electron chi connectivity index (χ0n) is 36.2. The molecule has 0 radical (unpaired) electrons. The van der Waals surface area contributed by atoms with Crippen LogP contribution < -0.4 is 21.3 Å². The topological polar surface area (TPSA) is 394 Å². The van der Waals surface area contributed by atoms with E-state index >= 15 is 0 Å². The fourth-order valence-corrected chi connectivity index (χ4v) is 8.94. The van der Waals surface area contributed by atoms with Crippen molar-refractivity contribution in [1.82, 2.24) is 49.8 Å². The van der Waals surface area contributed by atoms with Gasteiger partial charge in [-0.2, -0.15) is 33.7 Å².